The smallest absolute Gasteiger partial charge is 0.127 e. The van der Waals surface area contributed by atoms with Crippen molar-refractivity contribution in [3.8, 4) is 5.75 Å². The third-order valence-electron chi connectivity index (χ3n) is 3.86. The molecule has 0 saturated carbocycles. The van der Waals surface area contributed by atoms with Gasteiger partial charge in [0.25, 0.3) is 0 Å². The number of benzene rings is 1. The maximum absolute atomic E-state index is 6.35. The van der Waals surface area contributed by atoms with Crippen molar-refractivity contribution >= 4 is 11.0 Å². The molecule has 0 aliphatic heterocycles. The molecule has 0 aliphatic carbocycles. The predicted octanol–water partition coefficient (Wildman–Crippen LogP) is 3.11. The van der Waals surface area contributed by atoms with Gasteiger partial charge in [-0.1, -0.05) is 20.3 Å². The number of aromatic nitrogens is 2. The van der Waals surface area contributed by atoms with Crippen LogP contribution in [-0.2, 0) is 6.54 Å². The minimum Gasteiger partial charge on any atom is -0.497 e. The lowest BCUT2D eigenvalue weighted by molar-refractivity contribution is 0.415. The van der Waals surface area contributed by atoms with Gasteiger partial charge in [0.05, 0.1) is 24.2 Å². The molecule has 0 radical (unpaired) electrons. The first-order chi connectivity index (χ1) is 9.12. The van der Waals surface area contributed by atoms with E-state index in [9.17, 15) is 0 Å². The van der Waals surface area contributed by atoms with Crippen LogP contribution in [0.3, 0.4) is 0 Å². The number of fused-ring (bicyclic) bond motifs is 1. The van der Waals surface area contributed by atoms with Gasteiger partial charge in [0.2, 0.25) is 0 Å². The number of nitrogens with zero attached hydrogens (tertiary/aromatic N) is 2. The zero-order valence-electron chi connectivity index (χ0n) is 12.2. The van der Waals surface area contributed by atoms with Gasteiger partial charge in [-0.3, -0.25) is 0 Å². The number of rotatable bonds is 5. The Hall–Kier alpha value is -1.55. The van der Waals surface area contributed by atoms with Crippen LogP contribution >= 0.6 is 0 Å². The summed E-state index contributed by atoms with van der Waals surface area (Å²) in [6.45, 7) is 7.33. The molecule has 0 spiro atoms. The molecule has 0 amide bonds. The molecule has 1 aromatic heterocycles. The quantitative estimate of drug-likeness (QED) is 0.899. The molecule has 0 bridgehead atoms. The number of hydrogen-bond donors (Lipinski definition) is 1. The van der Waals surface area contributed by atoms with Crippen LogP contribution < -0.4 is 10.5 Å². The average Bonchev–Trinajstić information content (AvgIpc) is 2.82. The topological polar surface area (TPSA) is 53.1 Å². The van der Waals surface area contributed by atoms with E-state index in [2.05, 4.69) is 31.4 Å². The van der Waals surface area contributed by atoms with Gasteiger partial charge in [0.1, 0.15) is 11.6 Å². The van der Waals surface area contributed by atoms with Gasteiger partial charge in [0, 0.05) is 12.6 Å². The lowest BCUT2D eigenvalue weighted by atomic mass is 9.99. The van der Waals surface area contributed by atoms with Crippen molar-refractivity contribution in [2.75, 3.05) is 7.11 Å². The molecule has 4 nitrogen and oxygen atoms in total. The highest BCUT2D eigenvalue weighted by Crippen LogP contribution is 2.27. The fourth-order valence-corrected chi connectivity index (χ4v) is 2.35. The molecular formula is C15H23N3O. The summed E-state index contributed by atoms with van der Waals surface area (Å²) in [4.78, 5) is 4.72. The summed E-state index contributed by atoms with van der Waals surface area (Å²) in [7, 11) is 1.67. The standard InChI is InChI=1S/C15H23N3O/c1-5-10(3)14(16)15-17-12-9-11(19-4)7-8-13(12)18(15)6-2/h7-10,14H,5-6,16H2,1-4H3. The van der Waals surface area contributed by atoms with Crippen LogP contribution in [0.2, 0.25) is 0 Å². The second kappa shape index (κ2) is 5.61. The summed E-state index contributed by atoms with van der Waals surface area (Å²) >= 11 is 0. The highest BCUT2D eigenvalue weighted by atomic mass is 16.5. The van der Waals surface area contributed by atoms with Crippen LogP contribution in [0.1, 0.15) is 39.1 Å². The van der Waals surface area contributed by atoms with Crippen molar-refractivity contribution in [1.82, 2.24) is 9.55 Å². The van der Waals surface area contributed by atoms with Crippen LogP contribution in [0, 0.1) is 5.92 Å². The van der Waals surface area contributed by atoms with Crippen LogP contribution in [0.5, 0.6) is 5.75 Å². The number of hydrogen-bond acceptors (Lipinski definition) is 3. The number of methoxy groups -OCH3 is 1. The monoisotopic (exact) mass is 261 g/mol. The third-order valence-corrected chi connectivity index (χ3v) is 3.86. The van der Waals surface area contributed by atoms with Crippen molar-refractivity contribution in [3.63, 3.8) is 0 Å². The normalized spacial score (nSPS) is 14.6. The van der Waals surface area contributed by atoms with Crippen LogP contribution in [0.4, 0.5) is 0 Å². The van der Waals surface area contributed by atoms with E-state index >= 15 is 0 Å². The van der Waals surface area contributed by atoms with E-state index in [-0.39, 0.29) is 6.04 Å². The Balaban J connectivity index is 2.54. The summed E-state index contributed by atoms with van der Waals surface area (Å²) in [6.07, 6.45) is 1.05. The number of ether oxygens (including phenoxy) is 1. The Bertz CT molecular complexity index is 562. The van der Waals surface area contributed by atoms with Crippen molar-refractivity contribution < 1.29 is 4.74 Å². The molecule has 19 heavy (non-hydrogen) atoms. The molecule has 0 fully saturated rings. The van der Waals surface area contributed by atoms with E-state index < -0.39 is 0 Å². The van der Waals surface area contributed by atoms with E-state index in [1.165, 1.54) is 0 Å². The molecule has 2 atom stereocenters. The summed E-state index contributed by atoms with van der Waals surface area (Å²) in [6, 6.07) is 5.96. The van der Waals surface area contributed by atoms with Gasteiger partial charge in [-0.05, 0) is 25.0 Å². The first kappa shape index (κ1) is 13.9. The van der Waals surface area contributed by atoms with E-state index in [0.29, 0.717) is 5.92 Å². The van der Waals surface area contributed by atoms with Gasteiger partial charge < -0.3 is 15.0 Å². The maximum atomic E-state index is 6.35. The lowest BCUT2D eigenvalue weighted by Gasteiger charge is -2.18. The summed E-state index contributed by atoms with van der Waals surface area (Å²) in [5, 5.41) is 0. The Morgan fingerprint density at radius 2 is 2.11 bits per heavy atom. The van der Waals surface area contributed by atoms with Crippen molar-refractivity contribution in [3.05, 3.63) is 24.0 Å². The second-order valence-electron chi connectivity index (χ2n) is 4.98. The molecule has 2 N–H and O–H groups in total. The third kappa shape index (κ3) is 2.45. The highest BCUT2D eigenvalue weighted by molar-refractivity contribution is 5.78. The molecule has 2 unspecified atom stereocenters. The Morgan fingerprint density at radius 3 is 2.68 bits per heavy atom. The summed E-state index contributed by atoms with van der Waals surface area (Å²) in [5.74, 6) is 2.22. The Morgan fingerprint density at radius 1 is 1.37 bits per heavy atom. The van der Waals surface area contributed by atoms with E-state index in [4.69, 9.17) is 15.5 Å². The number of nitrogens with two attached hydrogens (primary N) is 1. The predicted molar refractivity (Wildman–Crippen MR) is 78.3 cm³/mol. The molecule has 104 valence electrons. The van der Waals surface area contributed by atoms with E-state index in [1.54, 1.807) is 7.11 Å². The second-order valence-corrected chi connectivity index (χ2v) is 4.98. The number of imidazole rings is 1. The first-order valence-corrected chi connectivity index (χ1v) is 6.92. The lowest BCUT2D eigenvalue weighted by Crippen LogP contribution is -2.22. The zero-order valence-corrected chi connectivity index (χ0v) is 12.2. The van der Waals surface area contributed by atoms with Crippen molar-refractivity contribution in [2.45, 2.75) is 39.8 Å². The fraction of sp³-hybridized carbons (Fsp3) is 0.533. The van der Waals surface area contributed by atoms with Crippen LogP contribution in [0.15, 0.2) is 18.2 Å². The molecule has 1 aromatic carbocycles. The maximum Gasteiger partial charge on any atom is 0.127 e. The molecule has 1 heterocycles. The molecular weight excluding hydrogens is 238 g/mol. The highest BCUT2D eigenvalue weighted by Gasteiger charge is 2.20. The van der Waals surface area contributed by atoms with Crippen LogP contribution in [0.25, 0.3) is 11.0 Å². The fourth-order valence-electron chi connectivity index (χ4n) is 2.35. The summed E-state index contributed by atoms with van der Waals surface area (Å²) < 4.78 is 7.45. The Kier molecular flexibility index (Phi) is 4.10. The number of aryl methyl sites for hydroxylation is 1. The SMILES string of the molecule is CCC(C)C(N)c1nc2cc(OC)ccc2n1CC. The van der Waals surface area contributed by atoms with Gasteiger partial charge >= 0.3 is 0 Å². The van der Waals surface area contributed by atoms with Gasteiger partial charge in [0.15, 0.2) is 0 Å². The van der Waals surface area contributed by atoms with Crippen LogP contribution in [-0.4, -0.2) is 16.7 Å². The van der Waals surface area contributed by atoms with Gasteiger partial charge in [-0.25, -0.2) is 4.98 Å². The molecule has 2 rings (SSSR count). The van der Waals surface area contributed by atoms with E-state index in [0.717, 1.165) is 35.6 Å². The van der Waals surface area contributed by atoms with Gasteiger partial charge in [-0.15, -0.1) is 0 Å². The Labute approximate surface area is 114 Å². The van der Waals surface area contributed by atoms with Crippen molar-refractivity contribution in [1.29, 1.82) is 0 Å². The van der Waals surface area contributed by atoms with Gasteiger partial charge in [-0.2, -0.15) is 0 Å². The molecule has 2 aromatic rings. The summed E-state index contributed by atoms with van der Waals surface area (Å²) in [5.41, 5.74) is 8.42. The molecule has 0 saturated heterocycles. The molecule has 4 heteroatoms. The minimum absolute atomic E-state index is 0.0247. The van der Waals surface area contributed by atoms with Crippen molar-refractivity contribution in [2.24, 2.45) is 11.7 Å². The minimum atomic E-state index is -0.0247. The first-order valence-electron chi connectivity index (χ1n) is 6.92. The average molecular weight is 261 g/mol. The van der Waals surface area contributed by atoms with E-state index in [1.807, 2.05) is 12.1 Å². The largest absolute Gasteiger partial charge is 0.497 e. The zero-order chi connectivity index (χ0) is 14.0. The molecule has 0 aliphatic rings.